The first-order valence-electron chi connectivity index (χ1n) is 8.61. The Hall–Kier alpha value is -3.28. The van der Waals surface area contributed by atoms with E-state index in [1.165, 1.54) is 12.1 Å². The number of hydrogen-bond acceptors (Lipinski definition) is 7. The predicted molar refractivity (Wildman–Crippen MR) is 117 cm³/mol. The minimum absolute atomic E-state index is 0.0612. The fourth-order valence-corrected chi connectivity index (χ4v) is 2.26. The van der Waals surface area contributed by atoms with E-state index in [9.17, 15) is 18.5 Å². The number of rotatable bonds is 7. The number of benzene rings is 2. The second-order valence-electron chi connectivity index (χ2n) is 6.13. The van der Waals surface area contributed by atoms with Crippen molar-refractivity contribution < 1.29 is 23.0 Å². The lowest BCUT2D eigenvalue weighted by molar-refractivity contribution is -0.384. The van der Waals surface area contributed by atoms with Crippen LogP contribution < -0.4 is 10.6 Å². The molecule has 0 aromatic heterocycles. The molecule has 2 aromatic rings. The molecule has 0 saturated heterocycles. The van der Waals surface area contributed by atoms with Crippen molar-refractivity contribution in [2.24, 2.45) is 10.7 Å². The molecular formula is C19H24N4O6S. The Morgan fingerprint density at radius 3 is 2.13 bits per heavy atom. The van der Waals surface area contributed by atoms with Crippen LogP contribution in [0.2, 0.25) is 0 Å². The number of hydrogen-bond donors (Lipinski definition) is 3. The molecule has 11 heteroatoms. The van der Waals surface area contributed by atoms with E-state index in [0.717, 1.165) is 16.8 Å². The molecule has 10 nitrogen and oxygen atoms in total. The lowest BCUT2D eigenvalue weighted by atomic mass is 10.2. The second-order valence-corrected chi connectivity index (χ2v) is 7.70. The molecule has 4 N–H and O–H groups in total. The third-order valence-electron chi connectivity index (χ3n) is 3.61. The van der Waals surface area contributed by atoms with Crippen molar-refractivity contribution in [1.29, 1.82) is 0 Å². The molecule has 0 aliphatic rings. The van der Waals surface area contributed by atoms with Crippen LogP contribution in [0.15, 0.2) is 59.7 Å². The van der Waals surface area contributed by atoms with Crippen LogP contribution in [-0.2, 0) is 10.1 Å². The Kier molecular flexibility index (Phi) is 9.62. The SMILES string of the molecule is CN(C)c1ccc(C(N)=NC=Cc2ccc([N+](=O)[O-])cc2)cc1.O=S(=O)(O)CCO. The molecule has 0 heterocycles. The summed E-state index contributed by atoms with van der Waals surface area (Å²) >= 11 is 0. The number of amidine groups is 1. The Balaban J connectivity index is 0.000000553. The highest BCUT2D eigenvalue weighted by atomic mass is 32.2. The summed E-state index contributed by atoms with van der Waals surface area (Å²) in [4.78, 5) is 16.3. The van der Waals surface area contributed by atoms with Gasteiger partial charge in [0.15, 0.2) is 0 Å². The van der Waals surface area contributed by atoms with Gasteiger partial charge in [-0.25, -0.2) is 4.99 Å². The number of nitrogens with two attached hydrogens (primary N) is 1. The smallest absolute Gasteiger partial charge is 0.269 e. The zero-order valence-corrected chi connectivity index (χ0v) is 17.4. The van der Waals surface area contributed by atoms with E-state index >= 15 is 0 Å². The van der Waals surface area contributed by atoms with Gasteiger partial charge in [-0.1, -0.05) is 0 Å². The highest BCUT2D eigenvalue weighted by molar-refractivity contribution is 7.85. The molecule has 0 amide bonds. The lowest BCUT2D eigenvalue weighted by Gasteiger charge is -2.12. The Bertz CT molecular complexity index is 985. The van der Waals surface area contributed by atoms with Gasteiger partial charge < -0.3 is 15.7 Å². The van der Waals surface area contributed by atoms with Gasteiger partial charge in [-0.2, -0.15) is 8.42 Å². The predicted octanol–water partition coefficient (Wildman–Crippen LogP) is 1.90. The van der Waals surface area contributed by atoms with E-state index in [-0.39, 0.29) is 5.69 Å². The minimum atomic E-state index is -3.92. The summed E-state index contributed by atoms with van der Waals surface area (Å²) in [5.41, 5.74) is 8.74. The fourth-order valence-electron chi connectivity index (χ4n) is 2.03. The Labute approximate surface area is 174 Å². The van der Waals surface area contributed by atoms with Crippen molar-refractivity contribution >= 4 is 33.4 Å². The summed E-state index contributed by atoms with van der Waals surface area (Å²) in [6.07, 6.45) is 3.32. The maximum Gasteiger partial charge on any atom is 0.269 e. The molecule has 2 rings (SSSR count). The molecule has 0 bridgehead atoms. The summed E-state index contributed by atoms with van der Waals surface area (Å²) in [6, 6.07) is 14.0. The zero-order chi connectivity index (χ0) is 22.7. The van der Waals surface area contributed by atoms with Gasteiger partial charge in [0.2, 0.25) is 0 Å². The van der Waals surface area contributed by atoms with Gasteiger partial charge in [0, 0.05) is 43.7 Å². The van der Waals surface area contributed by atoms with Gasteiger partial charge in [0.05, 0.1) is 17.3 Å². The number of nitro groups is 1. The molecule has 2 aromatic carbocycles. The molecule has 30 heavy (non-hydrogen) atoms. The van der Waals surface area contributed by atoms with Crippen LogP contribution in [0.3, 0.4) is 0 Å². The summed E-state index contributed by atoms with van der Waals surface area (Å²) < 4.78 is 27.1. The number of aliphatic hydroxyl groups excluding tert-OH is 1. The Morgan fingerprint density at radius 2 is 1.73 bits per heavy atom. The molecule has 0 aliphatic carbocycles. The van der Waals surface area contributed by atoms with Crippen LogP contribution in [0, 0.1) is 10.1 Å². The highest BCUT2D eigenvalue weighted by Gasteiger charge is 2.02. The second kappa shape index (κ2) is 11.7. The van der Waals surface area contributed by atoms with Gasteiger partial charge in [0.1, 0.15) is 5.84 Å². The number of nitro benzene ring substituents is 1. The van der Waals surface area contributed by atoms with Gasteiger partial charge in [0.25, 0.3) is 15.8 Å². The first kappa shape index (κ1) is 24.8. The van der Waals surface area contributed by atoms with Crippen molar-refractivity contribution in [3.05, 3.63) is 76.0 Å². The normalized spacial score (nSPS) is 11.7. The van der Waals surface area contributed by atoms with Crippen LogP contribution in [0.25, 0.3) is 6.08 Å². The summed E-state index contributed by atoms with van der Waals surface area (Å²) in [5, 5.41) is 18.4. The van der Waals surface area contributed by atoms with E-state index in [2.05, 4.69) is 4.99 Å². The summed E-state index contributed by atoms with van der Waals surface area (Å²) in [7, 11) is 0.0190. The van der Waals surface area contributed by atoms with Crippen molar-refractivity contribution in [3.63, 3.8) is 0 Å². The van der Waals surface area contributed by atoms with E-state index in [0.29, 0.717) is 5.84 Å². The fraction of sp³-hybridized carbons (Fsp3) is 0.211. The number of non-ortho nitro benzene ring substituents is 1. The molecule has 0 saturated carbocycles. The third kappa shape index (κ3) is 9.28. The average molecular weight is 436 g/mol. The van der Waals surface area contributed by atoms with Crippen molar-refractivity contribution in [2.45, 2.75) is 0 Å². The first-order chi connectivity index (χ1) is 14.0. The van der Waals surface area contributed by atoms with Crippen molar-refractivity contribution in [1.82, 2.24) is 0 Å². The van der Waals surface area contributed by atoms with Gasteiger partial charge in [-0.15, -0.1) is 0 Å². The molecule has 0 atom stereocenters. The average Bonchev–Trinajstić information content (AvgIpc) is 2.68. The van der Waals surface area contributed by atoms with Gasteiger partial charge in [-0.3, -0.25) is 14.7 Å². The topological polar surface area (TPSA) is 159 Å². The molecule has 0 aliphatic heterocycles. The van der Waals surface area contributed by atoms with Crippen LogP contribution >= 0.6 is 0 Å². The molecule has 0 fully saturated rings. The van der Waals surface area contributed by atoms with E-state index in [1.54, 1.807) is 24.4 Å². The van der Waals surface area contributed by atoms with Crippen molar-refractivity contribution in [2.75, 3.05) is 31.4 Å². The Morgan fingerprint density at radius 1 is 1.17 bits per heavy atom. The molecule has 0 unspecified atom stereocenters. The molecule has 0 spiro atoms. The summed E-state index contributed by atoms with van der Waals surface area (Å²) in [5.74, 6) is -0.166. The van der Waals surface area contributed by atoms with Crippen molar-refractivity contribution in [3.8, 4) is 0 Å². The third-order valence-corrected chi connectivity index (χ3v) is 4.31. The number of aliphatic hydroxyl groups is 1. The van der Waals surface area contributed by atoms with E-state index < -0.39 is 27.4 Å². The quantitative estimate of drug-likeness (QED) is 0.195. The largest absolute Gasteiger partial charge is 0.395 e. The number of aliphatic imine (C=N–C) groups is 1. The van der Waals surface area contributed by atoms with Crippen LogP contribution in [0.1, 0.15) is 11.1 Å². The first-order valence-corrected chi connectivity index (χ1v) is 10.2. The van der Waals surface area contributed by atoms with Crippen LogP contribution in [0.4, 0.5) is 11.4 Å². The summed E-state index contributed by atoms with van der Waals surface area (Å²) in [6.45, 7) is -0.529. The van der Waals surface area contributed by atoms with E-state index in [1.807, 2.05) is 43.3 Å². The maximum atomic E-state index is 10.6. The molecule has 162 valence electrons. The monoisotopic (exact) mass is 436 g/mol. The molecular weight excluding hydrogens is 412 g/mol. The minimum Gasteiger partial charge on any atom is -0.395 e. The van der Waals surface area contributed by atoms with Crippen LogP contribution in [-0.4, -0.2) is 55.3 Å². The van der Waals surface area contributed by atoms with Gasteiger partial charge >= 0.3 is 0 Å². The number of anilines is 1. The highest BCUT2D eigenvalue weighted by Crippen LogP contribution is 2.14. The van der Waals surface area contributed by atoms with Gasteiger partial charge in [-0.05, 0) is 48.0 Å². The lowest BCUT2D eigenvalue weighted by Crippen LogP contribution is -2.13. The van der Waals surface area contributed by atoms with Crippen LogP contribution in [0.5, 0.6) is 0 Å². The van der Waals surface area contributed by atoms with E-state index in [4.69, 9.17) is 15.4 Å². The molecule has 0 radical (unpaired) electrons. The standard InChI is InChI=1S/C17H18N4O2.C2H6O4S/c1-20(2)15-9-5-14(6-10-15)17(18)19-12-11-13-3-7-16(8-4-13)21(22)23;3-1-2-7(4,5)6/h3-12H,1-2H3,(H2,18,19);3H,1-2H2,(H,4,5,6). The maximum absolute atomic E-state index is 10.6. The number of nitrogens with zero attached hydrogens (tertiary/aromatic N) is 3. The zero-order valence-electron chi connectivity index (χ0n) is 16.5.